The van der Waals surface area contributed by atoms with E-state index < -0.39 is 85.7 Å². The topological polar surface area (TPSA) is 489 Å². The Morgan fingerprint density at radius 1 is 0.446 bits per heavy atom. The number of nitrogens with zero attached hydrogens (tertiary/aromatic N) is 9. The summed E-state index contributed by atoms with van der Waals surface area (Å²) in [4.78, 5) is 38.9. The lowest BCUT2D eigenvalue weighted by atomic mass is 9.82. The van der Waals surface area contributed by atoms with E-state index >= 15 is 0 Å². The molecule has 0 aromatic carbocycles. The summed E-state index contributed by atoms with van der Waals surface area (Å²) in [6.07, 6.45) is -2.18. The molecule has 0 bridgehead atoms. The first-order valence-electron chi connectivity index (χ1n) is 31.3. The van der Waals surface area contributed by atoms with Crippen LogP contribution in [0.4, 0.5) is 0 Å². The van der Waals surface area contributed by atoms with Gasteiger partial charge >= 0.3 is 0 Å². The van der Waals surface area contributed by atoms with Crippen molar-refractivity contribution >= 4 is 17.7 Å². The average molecular weight is 1320 g/mol. The highest BCUT2D eigenvalue weighted by Crippen LogP contribution is 2.33. The van der Waals surface area contributed by atoms with Crippen LogP contribution in [-0.2, 0) is 86.3 Å². The number of rotatable bonds is 48. The summed E-state index contributed by atoms with van der Waals surface area (Å²) >= 11 is 0. The summed E-state index contributed by atoms with van der Waals surface area (Å²) < 4.78 is 65.5. The summed E-state index contributed by atoms with van der Waals surface area (Å²) in [5, 5.41) is 123. The van der Waals surface area contributed by atoms with Crippen molar-refractivity contribution in [3.8, 4) is 0 Å². The molecule has 2 saturated heterocycles. The molecule has 3 fully saturated rings. The molecule has 12 atom stereocenters. The van der Waals surface area contributed by atoms with Crippen molar-refractivity contribution in [2.45, 2.75) is 144 Å². The standard InChI is InChI=1S/C56H97N13O23/c57-56(6-3-47(73)58-9-12-82-15-18-85-21-24-88-33-39-27-67(64-61-39)42-2-1-38(30-70)50(76)51(42)77,7-4-48(74)59-10-13-83-16-19-86-22-25-89-34-40-28-68(65-62-40)43-36-91-45(31-71)54(80)52(43)78)8-5-49(75)60-11-14-84-17-20-87-23-26-90-35-41-29-69(66-63-41)44-37-92-46(32-72)55(81)53(44)79/h27-29,38,42-46,50-55,70-72,76-81H,1-26,30-37,57H2,(H,58,73)(H,59,74)(H,60,75)/t38-,42?,43+,44+,45-,46-,50+,51-,52-,53-,54+,55+/m1/s1. The molecular formula is C56H97N13O23. The molecule has 36 nitrogen and oxygen atoms in total. The number of aliphatic hydroxyl groups excluding tert-OH is 9. The first-order chi connectivity index (χ1) is 44.6. The van der Waals surface area contributed by atoms with Crippen LogP contribution in [-0.4, -0.2) is 315 Å². The zero-order valence-corrected chi connectivity index (χ0v) is 52.0. The van der Waals surface area contributed by atoms with E-state index in [1.54, 1.807) is 18.6 Å². The summed E-state index contributed by atoms with van der Waals surface area (Å²) in [6.45, 7) is 4.10. The van der Waals surface area contributed by atoms with Gasteiger partial charge in [-0.25, -0.2) is 14.0 Å². The van der Waals surface area contributed by atoms with Crippen LogP contribution in [0.5, 0.6) is 0 Å². The van der Waals surface area contributed by atoms with Crippen LogP contribution in [0.2, 0.25) is 0 Å². The van der Waals surface area contributed by atoms with Gasteiger partial charge in [0.1, 0.15) is 71.9 Å². The molecule has 6 rings (SSSR count). The van der Waals surface area contributed by atoms with Crippen LogP contribution in [0.1, 0.15) is 86.6 Å². The SMILES string of the molecule is NC(CCC(=O)NCCOCCOCCOCc1cn(C2CC[C@H](CO)[C@H](O)[C@@H]2O)nn1)(CCC(=O)NCCOCCOCCOCc1cn([C@H]2CO[C@H](CO)[C@H](O)[C@@H]2O)nn1)CCC(=O)NCCOCCOCCOCc1cn([C@H]2CO[C@H](CO)[C@H](O)[C@@H]2O)nn1. The maximum absolute atomic E-state index is 13.0. The fourth-order valence-electron chi connectivity index (χ4n) is 10.2. The molecule has 3 aromatic heterocycles. The number of carbonyl (C=O) groups is 3. The highest BCUT2D eigenvalue weighted by atomic mass is 16.6. The molecule has 1 aliphatic carbocycles. The smallest absolute Gasteiger partial charge is 0.220 e. The van der Waals surface area contributed by atoms with Crippen LogP contribution in [0.15, 0.2) is 18.6 Å². The van der Waals surface area contributed by atoms with Gasteiger partial charge in [-0.15, -0.1) is 15.3 Å². The molecule has 1 unspecified atom stereocenters. The van der Waals surface area contributed by atoms with E-state index in [1.807, 2.05) is 0 Å². The van der Waals surface area contributed by atoms with Gasteiger partial charge in [-0.1, -0.05) is 15.6 Å². The summed E-state index contributed by atoms with van der Waals surface area (Å²) in [5.74, 6) is -1.21. The van der Waals surface area contributed by atoms with Crippen LogP contribution in [0, 0.1) is 5.92 Å². The van der Waals surface area contributed by atoms with Gasteiger partial charge in [-0.05, 0) is 32.1 Å². The molecule has 3 aliphatic rings. The number of ether oxygens (including phenoxy) is 11. The third kappa shape index (κ3) is 26.3. The second-order valence-corrected chi connectivity index (χ2v) is 22.6. The molecule has 524 valence electrons. The first kappa shape index (κ1) is 76.0. The molecule has 36 heteroatoms. The Kier molecular flexibility index (Phi) is 35.1. The summed E-state index contributed by atoms with van der Waals surface area (Å²) in [6, 6.07) is -1.80. The Balaban J connectivity index is 0.795. The molecule has 3 aromatic rings. The Labute approximate surface area is 532 Å². The summed E-state index contributed by atoms with van der Waals surface area (Å²) in [5.41, 5.74) is 7.35. The lowest BCUT2D eigenvalue weighted by Gasteiger charge is -2.36. The Hall–Kier alpha value is -5.01. The van der Waals surface area contributed by atoms with Crippen molar-refractivity contribution in [3.63, 3.8) is 0 Å². The third-order valence-electron chi connectivity index (χ3n) is 15.8. The number of amides is 3. The number of nitrogens with one attached hydrogen (secondary N) is 3. The lowest BCUT2D eigenvalue weighted by molar-refractivity contribution is -0.171. The van der Waals surface area contributed by atoms with E-state index in [0.29, 0.717) is 36.5 Å². The minimum Gasteiger partial charge on any atom is -0.396 e. The normalized spacial score (nSPS) is 24.5. The molecule has 1 saturated carbocycles. The number of aromatic nitrogens is 9. The van der Waals surface area contributed by atoms with Gasteiger partial charge in [0, 0.05) is 57.0 Å². The van der Waals surface area contributed by atoms with Gasteiger partial charge in [0.25, 0.3) is 0 Å². The van der Waals surface area contributed by atoms with E-state index in [1.165, 1.54) is 14.0 Å². The van der Waals surface area contributed by atoms with Gasteiger partial charge < -0.3 is 120 Å². The molecule has 0 spiro atoms. The molecule has 2 aliphatic heterocycles. The number of nitrogens with two attached hydrogens (primary N) is 1. The van der Waals surface area contributed by atoms with Crippen molar-refractivity contribution in [1.82, 2.24) is 60.9 Å². The second kappa shape index (κ2) is 42.4. The predicted octanol–water partition coefficient (Wildman–Crippen LogP) is -6.13. The number of aliphatic hydroxyl groups is 9. The molecular weight excluding hydrogens is 1220 g/mol. The largest absolute Gasteiger partial charge is 0.396 e. The van der Waals surface area contributed by atoms with Crippen LogP contribution in [0.3, 0.4) is 0 Å². The minimum absolute atomic E-state index is 0.0363. The monoisotopic (exact) mass is 1320 g/mol. The molecule has 92 heavy (non-hydrogen) atoms. The number of hydrogen-bond donors (Lipinski definition) is 13. The van der Waals surface area contributed by atoms with E-state index in [9.17, 15) is 60.3 Å². The third-order valence-corrected chi connectivity index (χ3v) is 15.8. The first-order valence-corrected chi connectivity index (χ1v) is 31.3. The maximum atomic E-state index is 13.0. The van der Waals surface area contributed by atoms with E-state index in [2.05, 4.69) is 46.9 Å². The van der Waals surface area contributed by atoms with E-state index in [0.717, 1.165) is 0 Å². The van der Waals surface area contributed by atoms with Crippen LogP contribution < -0.4 is 21.7 Å². The zero-order valence-electron chi connectivity index (χ0n) is 52.0. The van der Waals surface area contributed by atoms with Gasteiger partial charge in [0.15, 0.2) is 0 Å². The van der Waals surface area contributed by atoms with Crippen molar-refractivity contribution in [3.05, 3.63) is 35.7 Å². The van der Waals surface area contributed by atoms with E-state index in [4.69, 9.17) is 57.8 Å². The average Bonchev–Trinajstić information content (AvgIpc) is 1.54. The molecule has 0 radical (unpaired) electrons. The fourth-order valence-corrected chi connectivity index (χ4v) is 10.2. The van der Waals surface area contributed by atoms with Gasteiger partial charge in [-0.2, -0.15) is 0 Å². The highest BCUT2D eigenvalue weighted by Gasteiger charge is 2.42. The Morgan fingerprint density at radius 2 is 0.761 bits per heavy atom. The number of carbonyl (C=O) groups excluding carboxylic acids is 3. The second-order valence-electron chi connectivity index (χ2n) is 22.6. The number of hydrogen-bond acceptors (Lipinski definition) is 30. The highest BCUT2D eigenvalue weighted by molar-refractivity contribution is 5.77. The Bertz CT molecular complexity index is 2240. The maximum Gasteiger partial charge on any atom is 0.220 e. The fraction of sp³-hybridized carbons (Fsp3) is 0.839. The summed E-state index contributed by atoms with van der Waals surface area (Å²) in [7, 11) is 0. The van der Waals surface area contributed by atoms with Crippen LogP contribution >= 0.6 is 0 Å². The predicted molar refractivity (Wildman–Crippen MR) is 314 cm³/mol. The lowest BCUT2D eigenvalue weighted by Crippen LogP contribution is -2.52. The quantitative estimate of drug-likeness (QED) is 0.0234. The zero-order chi connectivity index (χ0) is 65.9. The van der Waals surface area contributed by atoms with Crippen LogP contribution in [0.25, 0.3) is 0 Å². The van der Waals surface area contributed by atoms with Crippen molar-refractivity contribution < 1.29 is 112 Å². The minimum atomic E-state index is -1.27. The molecule has 3 amide bonds. The van der Waals surface area contributed by atoms with Crippen molar-refractivity contribution in [1.29, 1.82) is 0 Å². The van der Waals surface area contributed by atoms with Gasteiger partial charge in [-0.3, -0.25) is 14.4 Å². The van der Waals surface area contributed by atoms with Crippen molar-refractivity contribution in [2.75, 3.05) is 152 Å². The Morgan fingerprint density at radius 3 is 1.10 bits per heavy atom. The van der Waals surface area contributed by atoms with Gasteiger partial charge in [0.2, 0.25) is 17.7 Å². The van der Waals surface area contributed by atoms with Gasteiger partial charge in [0.05, 0.1) is 176 Å². The molecule has 5 heterocycles. The molecule has 14 N–H and O–H groups in total. The van der Waals surface area contributed by atoms with E-state index in [-0.39, 0.29) is 214 Å². The van der Waals surface area contributed by atoms with Crippen molar-refractivity contribution in [2.24, 2.45) is 11.7 Å².